The van der Waals surface area contributed by atoms with E-state index in [-0.39, 0.29) is 18.1 Å². The van der Waals surface area contributed by atoms with Gasteiger partial charge in [-0.25, -0.2) is 4.79 Å². The van der Waals surface area contributed by atoms with Crippen LogP contribution < -0.4 is 27.4 Å². The summed E-state index contributed by atoms with van der Waals surface area (Å²) in [7, 11) is 0. The van der Waals surface area contributed by atoms with Crippen LogP contribution in [0.4, 0.5) is 0 Å². The Morgan fingerprint density at radius 1 is 0.933 bits per heavy atom. The predicted molar refractivity (Wildman–Crippen MR) is 115 cm³/mol. The standard InChI is InChI=1S/C18H35N5O6S/c1-10(2)7-12(18(28)29)21-17(27)14(9-30)23-16(26)13(8-24)22-15(25)11(20)5-3-4-6-19/h10-14,24,30H,3-9,19-20H2,1-2H3,(H,21,27)(H,22,25)(H,23,26)(H,28,29). The number of amides is 3. The van der Waals surface area contributed by atoms with E-state index in [1.807, 2.05) is 13.8 Å². The van der Waals surface area contributed by atoms with Gasteiger partial charge < -0.3 is 37.6 Å². The maximum atomic E-state index is 12.4. The van der Waals surface area contributed by atoms with E-state index in [1.54, 1.807) is 0 Å². The van der Waals surface area contributed by atoms with E-state index in [0.29, 0.717) is 25.8 Å². The van der Waals surface area contributed by atoms with Crippen LogP contribution >= 0.6 is 12.6 Å². The molecule has 4 atom stereocenters. The zero-order valence-electron chi connectivity index (χ0n) is 17.5. The fourth-order valence-electron chi connectivity index (χ4n) is 2.54. The van der Waals surface area contributed by atoms with Gasteiger partial charge in [0.05, 0.1) is 12.6 Å². The van der Waals surface area contributed by atoms with E-state index in [2.05, 4.69) is 28.6 Å². The van der Waals surface area contributed by atoms with Crippen molar-refractivity contribution in [3.63, 3.8) is 0 Å². The van der Waals surface area contributed by atoms with E-state index < -0.39 is 54.5 Å². The molecule has 0 aromatic heterocycles. The summed E-state index contributed by atoms with van der Waals surface area (Å²) in [6, 6.07) is -4.45. The number of aliphatic hydroxyl groups is 1. The van der Waals surface area contributed by atoms with Crippen LogP contribution in [0.1, 0.15) is 39.5 Å². The number of unbranched alkanes of at least 4 members (excludes halogenated alkanes) is 1. The molecule has 0 saturated heterocycles. The summed E-state index contributed by atoms with van der Waals surface area (Å²) in [5.41, 5.74) is 11.1. The van der Waals surface area contributed by atoms with E-state index in [1.165, 1.54) is 0 Å². The zero-order chi connectivity index (χ0) is 23.3. The van der Waals surface area contributed by atoms with E-state index in [4.69, 9.17) is 11.5 Å². The number of carboxylic acid groups (broad SMARTS) is 1. The molecule has 3 amide bonds. The number of rotatable bonds is 15. The summed E-state index contributed by atoms with van der Waals surface area (Å²) in [5, 5.41) is 25.8. The Balaban J connectivity index is 4.90. The fraction of sp³-hybridized carbons (Fsp3) is 0.778. The van der Waals surface area contributed by atoms with Gasteiger partial charge in [0, 0.05) is 5.75 Å². The van der Waals surface area contributed by atoms with Gasteiger partial charge in [-0.2, -0.15) is 12.6 Å². The Hall–Kier alpha value is -1.89. The summed E-state index contributed by atoms with van der Waals surface area (Å²) >= 11 is 4.02. The van der Waals surface area contributed by atoms with Crippen LogP contribution in [0.3, 0.4) is 0 Å². The zero-order valence-corrected chi connectivity index (χ0v) is 18.4. The Labute approximate surface area is 182 Å². The van der Waals surface area contributed by atoms with E-state index >= 15 is 0 Å². The van der Waals surface area contributed by atoms with Crippen molar-refractivity contribution in [1.29, 1.82) is 0 Å². The van der Waals surface area contributed by atoms with Crippen LogP contribution in [0.15, 0.2) is 0 Å². The number of thiol groups is 1. The molecular formula is C18H35N5O6S. The molecule has 174 valence electrons. The van der Waals surface area contributed by atoms with Gasteiger partial charge in [0.2, 0.25) is 17.7 Å². The molecule has 0 rings (SSSR count). The second kappa shape index (κ2) is 15.0. The lowest BCUT2D eigenvalue weighted by atomic mass is 10.0. The maximum absolute atomic E-state index is 12.4. The third-order valence-corrected chi connectivity index (χ3v) is 4.62. The Bertz CT molecular complexity index is 577. The number of aliphatic hydroxyl groups excluding tert-OH is 1. The average Bonchev–Trinajstić information content (AvgIpc) is 2.68. The number of hydrogen-bond acceptors (Lipinski definition) is 8. The molecule has 0 fully saturated rings. The molecule has 0 saturated carbocycles. The molecule has 0 aromatic rings. The van der Waals surface area contributed by atoms with Crippen LogP contribution in [0.5, 0.6) is 0 Å². The minimum absolute atomic E-state index is 0.0264. The lowest BCUT2D eigenvalue weighted by Gasteiger charge is -2.24. The molecular weight excluding hydrogens is 414 g/mol. The molecule has 0 heterocycles. The molecule has 0 aliphatic carbocycles. The first-order valence-corrected chi connectivity index (χ1v) is 10.5. The molecule has 0 aliphatic rings. The summed E-state index contributed by atoms with van der Waals surface area (Å²) < 4.78 is 0. The Kier molecular flexibility index (Phi) is 14.0. The van der Waals surface area contributed by atoms with Crippen molar-refractivity contribution < 1.29 is 29.4 Å². The summed E-state index contributed by atoms with van der Waals surface area (Å²) in [6.07, 6.45) is 1.93. The normalized spacial score (nSPS) is 15.0. The number of hydrogen-bond donors (Lipinski definition) is 8. The van der Waals surface area contributed by atoms with Gasteiger partial charge in [-0.05, 0) is 31.7 Å². The van der Waals surface area contributed by atoms with E-state index in [9.17, 15) is 29.4 Å². The average molecular weight is 450 g/mol. The van der Waals surface area contributed by atoms with Crippen molar-refractivity contribution in [1.82, 2.24) is 16.0 Å². The first kappa shape index (κ1) is 28.1. The van der Waals surface area contributed by atoms with Crippen molar-refractivity contribution in [2.45, 2.75) is 63.7 Å². The van der Waals surface area contributed by atoms with Gasteiger partial charge in [-0.1, -0.05) is 20.3 Å². The highest BCUT2D eigenvalue weighted by atomic mass is 32.1. The Morgan fingerprint density at radius 3 is 1.93 bits per heavy atom. The van der Waals surface area contributed by atoms with Crippen LogP contribution in [-0.4, -0.2) is 77.0 Å². The number of carbonyl (C=O) groups excluding carboxylic acids is 3. The second-order valence-corrected chi connectivity index (χ2v) is 7.77. The molecule has 0 spiro atoms. The van der Waals surface area contributed by atoms with Crippen molar-refractivity contribution in [3.05, 3.63) is 0 Å². The highest BCUT2D eigenvalue weighted by molar-refractivity contribution is 7.80. The van der Waals surface area contributed by atoms with Crippen molar-refractivity contribution >= 4 is 36.3 Å². The molecule has 4 unspecified atom stereocenters. The second-order valence-electron chi connectivity index (χ2n) is 7.41. The van der Waals surface area contributed by atoms with Gasteiger partial charge in [0.25, 0.3) is 0 Å². The molecule has 0 bridgehead atoms. The lowest BCUT2D eigenvalue weighted by molar-refractivity contribution is -0.142. The van der Waals surface area contributed by atoms with Gasteiger partial charge in [0.15, 0.2) is 0 Å². The Morgan fingerprint density at radius 2 is 1.47 bits per heavy atom. The third-order valence-electron chi connectivity index (χ3n) is 4.26. The van der Waals surface area contributed by atoms with Crippen LogP contribution in [0.2, 0.25) is 0 Å². The largest absolute Gasteiger partial charge is 0.480 e. The topological polar surface area (TPSA) is 197 Å². The molecule has 30 heavy (non-hydrogen) atoms. The minimum atomic E-state index is -1.32. The molecule has 0 aliphatic heterocycles. The monoisotopic (exact) mass is 449 g/mol. The highest BCUT2D eigenvalue weighted by Gasteiger charge is 2.29. The summed E-state index contributed by atoms with van der Waals surface area (Å²) in [5.74, 6) is -3.44. The molecule has 0 aromatic carbocycles. The number of nitrogens with two attached hydrogens (primary N) is 2. The molecule has 11 nitrogen and oxygen atoms in total. The van der Waals surface area contributed by atoms with E-state index in [0.717, 1.165) is 0 Å². The smallest absolute Gasteiger partial charge is 0.326 e. The number of nitrogens with one attached hydrogen (secondary N) is 3. The van der Waals surface area contributed by atoms with Crippen molar-refractivity contribution in [2.24, 2.45) is 17.4 Å². The van der Waals surface area contributed by atoms with Gasteiger partial charge in [-0.3, -0.25) is 14.4 Å². The van der Waals surface area contributed by atoms with Crippen LogP contribution in [0, 0.1) is 5.92 Å². The number of aliphatic carboxylic acids is 1. The van der Waals surface area contributed by atoms with Gasteiger partial charge in [-0.15, -0.1) is 0 Å². The molecule has 12 heteroatoms. The van der Waals surface area contributed by atoms with Crippen molar-refractivity contribution in [3.8, 4) is 0 Å². The molecule has 0 radical (unpaired) electrons. The quantitative estimate of drug-likeness (QED) is 0.103. The fourth-order valence-corrected chi connectivity index (χ4v) is 2.80. The summed E-state index contributed by atoms with van der Waals surface area (Å²) in [6.45, 7) is 3.40. The first-order chi connectivity index (χ1) is 14.1. The minimum Gasteiger partial charge on any atom is -0.480 e. The SMILES string of the molecule is CC(C)CC(NC(=O)C(CS)NC(=O)C(CO)NC(=O)C(N)CCCCN)C(=O)O. The maximum Gasteiger partial charge on any atom is 0.326 e. The van der Waals surface area contributed by atoms with Crippen LogP contribution in [0.25, 0.3) is 0 Å². The van der Waals surface area contributed by atoms with Crippen LogP contribution in [-0.2, 0) is 19.2 Å². The number of carboxylic acids is 1. The highest BCUT2D eigenvalue weighted by Crippen LogP contribution is 2.06. The number of carbonyl (C=O) groups is 4. The third kappa shape index (κ3) is 10.8. The first-order valence-electron chi connectivity index (χ1n) is 9.88. The lowest BCUT2D eigenvalue weighted by Crippen LogP contribution is -2.58. The molecule has 9 N–H and O–H groups in total. The predicted octanol–water partition coefficient (Wildman–Crippen LogP) is -2.05. The van der Waals surface area contributed by atoms with Crippen molar-refractivity contribution in [2.75, 3.05) is 18.9 Å². The summed E-state index contributed by atoms with van der Waals surface area (Å²) in [4.78, 5) is 48.2. The van der Waals surface area contributed by atoms with Gasteiger partial charge in [0.1, 0.15) is 18.1 Å². The van der Waals surface area contributed by atoms with Gasteiger partial charge >= 0.3 is 5.97 Å².